The average molecular weight is 456 g/mol. The Balaban J connectivity index is 1.86. The Morgan fingerprint density at radius 1 is 1.17 bits per heavy atom. The smallest absolute Gasteiger partial charge is 0.338 e. The van der Waals surface area contributed by atoms with Crippen LogP contribution in [0, 0.1) is 0 Å². The first-order valence-electron chi connectivity index (χ1n) is 8.65. The van der Waals surface area contributed by atoms with Crippen LogP contribution in [-0.4, -0.2) is 53.6 Å². The van der Waals surface area contributed by atoms with Gasteiger partial charge in [-0.2, -0.15) is 0 Å². The van der Waals surface area contributed by atoms with Crippen LogP contribution in [-0.2, 0) is 26.0 Å². The Labute approximate surface area is 177 Å². The van der Waals surface area contributed by atoms with Gasteiger partial charge < -0.3 is 14.8 Å². The lowest BCUT2D eigenvalue weighted by Gasteiger charge is -2.11. The van der Waals surface area contributed by atoms with Crippen LogP contribution >= 0.6 is 11.3 Å². The lowest BCUT2D eigenvalue weighted by molar-refractivity contribution is -0.123. The molecule has 0 aliphatic rings. The van der Waals surface area contributed by atoms with E-state index in [1.807, 2.05) is 22.8 Å². The standard InChI is InChI=1S/C18H21N3O7S2/c1-19-30(25,26)15-10-12(5-6-14(15)27-2)17(23)28-11-16(22)21-18(24)20-8-7-13-4-3-9-29-13/h3-6,9-10,19H,7-8,11H2,1-2H3,(H2,20,21,22,24). The van der Waals surface area contributed by atoms with E-state index in [0.29, 0.717) is 13.0 Å². The second-order valence-corrected chi connectivity index (χ2v) is 8.67. The SMILES string of the molecule is CNS(=O)(=O)c1cc(C(=O)OCC(=O)NC(=O)NCCc2cccs2)ccc1OC. The molecule has 0 atom stereocenters. The molecular formula is C18H21N3O7S2. The summed E-state index contributed by atoms with van der Waals surface area (Å²) in [7, 11) is -1.38. The van der Waals surface area contributed by atoms with Crippen molar-refractivity contribution in [2.24, 2.45) is 0 Å². The molecule has 0 aliphatic carbocycles. The second kappa shape index (κ2) is 10.7. The minimum absolute atomic E-state index is 0.0397. The molecule has 30 heavy (non-hydrogen) atoms. The van der Waals surface area contributed by atoms with E-state index >= 15 is 0 Å². The van der Waals surface area contributed by atoms with Crippen molar-refractivity contribution in [2.75, 3.05) is 27.3 Å². The number of carbonyl (C=O) groups excluding carboxylic acids is 3. The molecule has 12 heteroatoms. The summed E-state index contributed by atoms with van der Waals surface area (Å²) in [4.78, 5) is 36.5. The van der Waals surface area contributed by atoms with E-state index in [0.717, 1.165) is 10.9 Å². The highest BCUT2D eigenvalue weighted by atomic mass is 32.2. The first-order valence-corrected chi connectivity index (χ1v) is 11.0. The maximum Gasteiger partial charge on any atom is 0.338 e. The molecule has 0 bridgehead atoms. The monoisotopic (exact) mass is 455 g/mol. The van der Waals surface area contributed by atoms with Crippen molar-refractivity contribution in [1.29, 1.82) is 0 Å². The van der Waals surface area contributed by atoms with Gasteiger partial charge in [-0.3, -0.25) is 10.1 Å². The number of thiophene rings is 1. The minimum Gasteiger partial charge on any atom is -0.495 e. The minimum atomic E-state index is -3.88. The van der Waals surface area contributed by atoms with Gasteiger partial charge in [0, 0.05) is 11.4 Å². The van der Waals surface area contributed by atoms with Crippen molar-refractivity contribution in [3.05, 3.63) is 46.2 Å². The molecule has 1 heterocycles. The Hall–Kier alpha value is -2.96. The third-order valence-corrected chi connectivity index (χ3v) is 6.15. The lowest BCUT2D eigenvalue weighted by atomic mass is 10.2. The van der Waals surface area contributed by atoms with Crippen molar-refractivity contribution in [3.8, 4) is 5.75 Å². The van der Waals surface area contributed by atoms with Gasteiger partial charge in [-0.15, -0.1) is 11.3 Å². The Bertz CT molecular complexity index is 1000. The quantitative estimate of drug-likeness (QED) is 0.477. The molecule has 1 aromatic heterocycles. The van der Waals surface area contributed by atoms with E-state index in [9.17, 15) is 22.8 Å². The van der Waals surface area contributed by atoms with Gasteiger partial charge >= 0.3 is 12.0 Å². The van der Waals surface area contributed by atoms with Crippen molar-refractivity contribution in [1.82, 2.24) is 15.4 Å². The van der Waals surface area contributed by atoms with Gasteiger partial charge in [0.15, 0.2) is 6.61 Å². The van der Waals surface area contributed by atoms with Crippen molar-refractivity contribution >= 4 is 39.3 Å². The lowest BCUT2D eigenvalue weighted by Crippen LogP contribution is -2.42. The first-order chi connectivity index (χ1) is 14.3. The fraction of sp³-hybridized carbons (Fsp3) is 0.278. The number of carbonyl (C=O) groups is 3. The summed E-state index contributed by atoms with van der Waals surface area (Å²) in [6.45, 7) is -0.370. The van der Waals surface area contributed by atoms with Crippen molar-refractivity contribution < 1.29 is 32.3 Å². The van der Waals surface area contributed by atoms with Crippen LogP contribution in [0.4, 0.5) is 4.79 Å². The molecule has 0 unspecified atom stereocenters. The van der Waals surface area contributed by atoms with E-state index in [1.165, 1.54) is 26.3 Å². The number of ether oxygens (including phenoxy) is 2. The fourth-order valence-corrected chi connectivity index (χ4v) is 3.93. The molecule has 2 rings (SSSR count). The zero-order valence-electron chi connectivity index (χ0n) is 16.3. The van der Waals surface area contributed by atoms with E-state index in [4.69, 9.17) is 9.47 Å². The number of esters is 1. The summed E-state index contributed by atoms with van der Waals surface area (Å²) >= 11 is 1.56. The van der Waals surface area contributed by atoms with Crippen LogP contribution in [0.5, 0.6) is 5.75 Å². The van der Waals surface area contributed by atoms with Crippen LogP contribution in [0.1, 0.15) is 15.2 Å². The van der Waals surface area contributed by atoms with Gasteiger partial charge in [-0.1, -0.05) is 6.07 Å². The van der Waals surface area contributed by atoms with Gasteiger partial charge in [0.05, 0.1) is 12.7 Å². The van der Waals surface area contributed by atoms with E-state index in [1.54, 1.807) is 11.3 Å². The summed E-state index contributed by atoms with van der Waals surface area (Å²) in [5.74, 6) is -1.72. The van der Waals surface area contributed by atoms with Crippen LogP contribution in [0.2, 0.25) is 0 Å². The normalized spacial score (nSPS) is 10.9. The number of amides is 3. The molecule has 0 aliphatic heterocycles. The van der Waals surface area contributed by atoms with Gasteiger partial charge in [0.25, 0.3) is 5.91 Å². The highest BCUT2D eigenvalue weighted by Crippen LogP contribution is 2.24. The maximum absolute atomic E-state index is 12.1. The van der Waals surface area contributed by atoms with Crippen molar-refractivity contribution in [3.63, 3.8) is 0 Å². The number of nitrogens with one attached hydrogen (secondary N) is 3. The number of urea groups is 1. The van der Waals surface area contributed by atoms with E-state index < -0.39 is 34.5 Å². The van der Waals surface area contributed by atoms with Crippen molar-refractivity contribution in [2.45, 2.75) is 11.3 Å². The molecule has 0 spiro atoms. The predicted molar refractivity (Wildman–Crippen MR) is 109 cm³/mol. The molecular weight excluding hydrogens is 434 g/mol. The Morgan fingerprint density at radius 3 is 2.57 bits per heavy atom. The molecule has 0 fully saturated rings. The summed E-state index contributed by atoms with van der Waals surface area (Å²) in [6, 6.07) is 6.79. The van der Waals surface area contributed by atoms with Gasteiger partial charge in [-0.25, -0.2) is 22.7 Å². The highest BCUT2D eigenvalue weighted by Gasteiger charge is 2.21. The molecule has 0 radical (unpaired) electrons. The van der Waals surface area contributed by atoms with E-state index in [2.05, 4.69) is 10.0 Å². The Morgan fingerprint density at radius 2 is 1.93 bits per heavy atom. The predicted octanol–water partition coefficient (Wildman–Crippen LogP) is 0.890. The third-order valence-electron chi connectivity index (χ3n) is 3.78. The number of rotatable bonds is 9. The van der Waals surface area contributed by atoms with Gasteiger partial charge in [0.2, 0.25) is 10.0 Å². The van der Waals surface area contributed by atoms with Gasteiger partial charge in [0.1, 0.15) is 10.6 Å². The van der Waals surface area contributed by atoms with Crippen LogP contribution in [0.25, 0.3) is 0 Å². The molecule has 10 nitrogen and oxygen atoms in total. The number of benzene rings is 1. The largest absolute Gasteiger partial charge is 0.495 e. The molecule has 3 amide bonds. The molecule has 0 saturated heterocycles. The zero-order chi connectivity index (χ0) is 22.1. The highest BCUT2D eigenvalue weighted by molar-refractivity contribution is 7.89. The summed E-state index contributed by atoms with van der Waals surface area (Å²) in [5.41, 5.74) is -0.0992. The zero-order valence-corrected chi connectivity index (χ0v) is 17.9. The third kappa shape index (κ3) is 6.54. The number of hydrogen-bond donors (Lipinski definition) is 3. The van der Waals surface area contributed by atoms with E-state index in [-0.39, 0.29) is 16.2 Å². The number of imide groups is 1. The topological polar surface area (TPSA) is 140 Å². The molecule has 162 valence electrons. The first kappa shape index (κ1) is 23.3. The molecule has 0 saturated carbocycles. The average Bonchev–Trinajstić information content (AvgIpc) is 3.25. The number of sulfonamides is 1. The van der Waals surface area contributed by atoms with Crippen LogP contribution in [0.15, 0.2) is 40.6 Å². The number of methoxy groups -OCH3 is 1. The summed E-state index contributed by atoms with van der Waals surface area (Å²) < 4.78 is 36.1. The van der Waals surface area contributed by atoms with Crippen LogP contribution < -0.4 is 20.1 Å². The summed E-state index contributed by atoms with van der Waals surface area (Å²) in [5, 5.41) is 6.49. The maximum atomic E-state index is 12.1. The number of hydrogen-bond acceptors (Lipinski definition) is 8. The molecule has 1 aromatic carbocycles. The molecule has 3 N–H and O–H groups in total. The second-order valence-electron chi connectivity index (χ2n) is 5.78. The van der Waals surface area contributed by atoms with Crippen LogP contribution in [0.3, 0.4) is 0 Å². The van der Waals surface area contributed by atoms with Gasteiger partial charge in [-0.05, 0) is 43.1 Å². The fourth-order valence-electron chi connectivity index (χ4n) is 2.30. The molecule has 2 aromatic rings. The Kier molecular flexibility index (Phi) is 8.33. The summed E-state index contributed by atoms with van der Waals surface area (Å²) in [6.07, 6.45) is 0.629.